The standard InChI is InChI=1S/C23H32N4O5S/c1-3-31-19-7-9-20(10-8-19)33(29,30)27-15-11-18(12-16-27)21(28)25-23(13-5-4-6-14-23)22-24-17(2)32-26-22/h7-10,18H,3-6,11-16H2,1-2H3,(H,25,28). The molecule has 10 heteroatoms. The molecule has 0 atom stereocenters. The summed E-state index contributed by atoms with van der Waals surface area (Å²) in [7, 11) is -3.61. The molecule has 4 rings (SSSR count). The lowest BCUT2D eigenvalue weighted by atomic mass is 9.80. The molecular formula is C23H32N4O5S. The van der Waals surface area contributed by atoms with Gasteiger partial charge in [-0.25, -0.2) is 8.42 Å². The number of sulfonamides is 1. The van der Waals surface area contributed by atoms with E-state index in [1.165, 1.54) is 4.31 Å². The van der Waals surface area contributed by atoms with Gasteiger partial charge in [0.15, 0.2) is 5.82 Å². The van der Waals surface area contributed by atoms with Crippen LogP contribution in [-0.2, 0) is 20.4 Å². The van der Waals surface area contributed by atoms with Crippen LogP contribution < -0.4 is 10.1 Å². The Balaban J connectivity index is 1.40. The molecule has 1 aromatic carbocycles. The Labute approximate surface area is 194 Å². The number of nitrogens with one attached hydrogen (secondary N) is 1. The van der Waals surface area contributed by atoms with E-state index in [2.05, 4.69) is 15.5 Å². The topological polar surface area (TPSA) is 115 Å². The number of benzene rings is 1. The molecule has 2 heterocycles. The Morgan fingerprint density at radius 2 is 1.85 bits per heavy atom. The number of rotatable bonds is 7. The first-order valence-electron chi connectivity index (χ1n) is 11.7. The molecule has 180 valence electrons. The lowest BCUT2D eigenvalue weighted by molar-refractivity contribution is -0.129. The number of carbonyl (C=O) groups excluding carboxylic acids is 1. The number of piperidine rings is 1. The zero-order chi connectivity index (χ0) is 23.5. The average Bonchev–Trinajstić information content (AvgIpc) is 3.27. The van der Waals surface area contributed by atoms with Gasteiger partial charge in [0.25, 0.3) is 0 Å². The molecule has 9 nitrogen and oxygen atoms in total. The fourth-order valence-electron chi connectivity index (χ4n) is 4.77. The van der Waals surface area contributed by atoms with Crippen LogP contribution in [0.15, 0.2) is 33.7 Å². The highest BCUT2D eigenvalue weighted by Gasteiger charge is 2.41. The molecule has 0 radical (unpaired) electrons. The van der Waals surface area contributed by atoms with Crippen molar-refractivity contribution in [2.45, 2.75) is 69.2 Å². The van der Waals surface area contributed by atoms with Crippen LogP contribution in [0.1, 0.15) is 63.6 Å². The summed E-state index contributed by atoms with van der Waals surface area (Å²) in [6.45, 7) is 4.76. The van der Waals surface area contributed by atoms with Gasteiger partial charge in [-0.3, -0.25) is 4.79 Å². The number of ether oxygens (including phenoxy) is 1. The van der Waals surface area contributed by atoms with Gasteiger partial charge in [-0.1, -0.05) is 24.4 Å². The molecule has 0 bridgehead atoms. The van der Waals surface area contributed by atoms with Crippen LogP contribution in [0, 0.1) is 12.8 Å². The summed E-state index contributed by atoms with van der Waals surface area (Å²) in [5.74, 6) is 1.36. The Hall–Kier alpha value is -2.46. The van der Waals surface area contributed by atoms with Crippen molar-refractivity contribution >= 4 is 15.9 Å². The molecule has 1 saturated carbocycles. The Kier molecular flexibility index (Phi) is 7.04. The maximum Gasteiger partial charge on any atom is 0.243 e. The fourth-order valence-corrected chi connectivity index (χ4v) is 6.24. The van der Waals surface area contributed by atoms with E-state index in [9.17, 15) is 13.2 Å². The van der Waals surface area contributed by atoms with Crippen molar-refractivity contribution in [3.63, 3.8) is 0 Å². The summed E-state index contributed by atoms with van der Waals surface area (Å²) >= 11 is 0. The predicted octanol–water partition coefficient (Wildman–Crippen LogP) is 3.15. The monoisotopic (exact) mass is 476 g/mol. The summed E-state index contributed by atoms with van der Waals surface area (Å²) < 4.78 is 38.1. The van der Waals surface area contributed by atoms with E-state index in [1.54, 1.807) is 31.2 Å². The van der Waals surface area contributed by atoms with Gasteiger partial charge in [0.1, 0.15) is 11.3 Å². The first kappa shape index (κ1) is 23.7. The van der Waals surface area contributed by atoms with Crippen LogP contribution in [0.25, 0.3) is 0 Å². The lowest BCUT2D eigenvalue weighted by Gasteiger charge is -2.38. The van der Waals surface area contributed by atoms with Crippen molar-refractivity contribution in [2.24, 2.45) is 5.92 Å². The fraction of sp³-hybridized carbons (Fsp3) is 0.609. The van der Waals surface area contributed by atoms with Gasteiger partial charge < -0.3 is 14.6 Å². The predicted molar refractivity (Wildman–Crippen MR) is 121 cm³/mol. The van der Waals surface area contributed by atoms with Crippen molar-refractivity contribution in [2.75, 3.05) is 19.7 Å². The summed E-state index contributed by atoms with van der Waals surface area (Å²) in [6.07, 6.45) is 5.62. The first-order chi connectivity index (χ1) is 15.8. The maximum absolute atomic E-state index is 13.2. The molecule has 0 unspecified atom stereocenters. The summed E-state index contributed by atoms with van der Waals surface area (Å²) in [6, 6.07) is 6.47. The van der Waals surface area contributed by atoms with Crippen molar-refractivity contribution < 1.29 is 22.5 Å². The Morgan fingerprint density at radius 3 is 2.42 bits per heavy atom. The molecule has 33 heavy (non-hydrogen) atoms. The molecule has 0 spiro atoms. The summed E-state index contributed by atoms with van der Waals surface area (Å²) in [5, 5.41) is 7.34. The van der Waals surface area contributed by atoms with Crippen LogP contribution in [0.2, 0.25) is 0 Å². The number of aromatic nitrogens is 2. The molecule has 1 N–H and O–H groups in total. The minimum Gasteiger partial charge on any atom is -0.494 e. The maximum atomic E-state index is 13.2. The second-order valence-electron chi connectivity index (χ2n) is 8.85. The van der Waals surface area contributed by atoms with Crippen LogP contribution in [0.3, 0.4) is 0 Å². The molecule has 1 amide bonds. The lowest BCUT2D eigenvalue weighted by Crippen LogP contribution is -2.51. The number of hydrogen-bond donors (Lipinski definition) is 1. The van der Waals surface area contributed by atoms with Crippen molar-refractivity contribution in [3.8, 4) is 5.75 Å². The van der Waals surface area contributed by atoms with Crippen molar-refractivity contribution in [1.29, 1.82) is 0 Å². The van der Waals surface area contributed by atoms with Crippen LogP contribution in [0.4, 0.5) is 0 Å². The molecule has 1 aromatic heterocycles. The summed E-state index contributed by atoms with van der Waals surface area (Å²) in [5.41, 5.74) is -0.599. The molecule has 2 aliphatic rings. The van der Waals surface area contributed by atoms with Crippen LogP contribution >= 0.6 is 0 Å². The number of aryl methyl sites for hydroxylation is 1. The van der Waals surface area contributed by atoms with Crippen LogP contribution in [-0.4, -0.2) is 48.5 Å². The van der Waals surface area contributed by atoms with Crippen molar-refractivity contribution in [3.05, 3.63) is 36.0 Å². The van der Waals surface area contributed by atoms with Gasteiger partial charge in [-0.2, -0.15) is 9.29 Å². The third-order valence-corrected chi connectivity index (χ3v) is 8.54. The zero-order valence-corrected chi connectivity index (χ0v) is 20.1. The average molecular weight is 477 g/mol. The van der Waals surface area contributed by atoms with E-state index in [0.29, 0.717) is 50.0 Å². The normalized spacial score (nSPS) is 19.8. The van der Waals surface area contributed by atoms with E-state index in [-0.39, 0.29) is 16.7 Å². The van der Waals surface area contributed by atoms with E-state index in [1.807, 2.05) is 6.92 Å². The van der Waals surface area contributed by atoms with Gasteiger partial charge in [0.2, 0.25) is 21.8 Å². The Bertz CT molecular complexity index is 1050. The van der Waals surface area contributed by atoms with Gasteiger partial charge in [-0.15, -0.1) is 0 Å². The molecule has 2 aromatic rings. The van der Waals surface area contributed by atoms with E-state index in [0.717, 1.165) is 32.1 Å². The highest BCUT2D eigenvalue weighted by atomic mass is 32.2. The van der Waals surface area contributed by atoms with E-state index < -0.39 is 15.6 Å². The largest absolute Gasteiger partial charge is 0.494 e. The number of nitrogens with zero attached hydrogens (tertiary/aromatic N) is 3. The molecular weight excluding hydrogens is 444 g/mol. The first-order valence-corrected chi connectivity index (χ1v) is 13.1. The number of carbonyl (C=O) groups is 1. The van der Waals surface area contributed by atoms with Gasteiger partial charge in [0, 0.05) is 25.9 Å². The zero-order valence-electron chi connectivity index (χ0n) is 19.2. The quantitative estimate of drug-likeness (QED) is 0.653. The molecule has 1 aliphatic heterocycles. The number of amides is 1. The second kappa shape index (κ2) is 9.80. The van der Waals surface area contributed by atoms with Gasteiger partial charge in [0.05, 0.1) is 11.5 Å². The SMILES string of the molecule is CCOc1ccc(S(=O)(=O)N2CCC(C(=O)NC3(c4noc(C)n4)CCCCC3)CC2)cc1. The third kappa shape index (κ3) is 5.06. The second-order valence-corrected chi connectivity index (χ2v) is 10.8. The molecule has 2 fully saturated rings. The molecule has 1 saturated heterocycles. The minimum absolute atomic E-state index is 0.0579. The Morgan fingerprint density at radius 1 is 1.18 bits per heavy atom. The smallest absolute Gasteiger partial charge is 0.243 e. The highest BCUT2D eigenvalue weighted by Crippen LogP contribution is 2.36. The van der Waals surface area contributed by atoms with E-state index >= 15 is 0 Å². The van der Waals surface area contributed by atoms with Gasteiger partial charge >= 0.3 is 0 Å². The minimum atomic E-state index is -3.61. The van der Waals surface area contributed by atoms with Gasteiger partial charge in [-0.05, 0) is 56.9 Å². The van der Waals surface area contributed by atoms with E-state index in [4.69, 9.17) is 9.26 Å². The number of hydrogen-bond acceptors (Lipinski definition) is 7. The molecule has 1 aliphatic carbocycles. The highest BCUT2D eigenvalue weighted by molar-refractivity contribution is 7.89. The summed E-state index contributed by atoms with van der Waals surface area (Å²) in [4.78, 5) is 17.8. The van der Waals surface area contributed by atoms with Crippen LogP contribution in [0.5, 0.6) is 5.75 Å². The van der Waals surface area contributed by atoms with Crippen molar-refractivity contribution in [1.82, 2.24) is 19.8 Å². The third-order valence-electron chi connectivity index (χ3n) is 6.62.